The highest BCUT2D eigenvalue weighted by atomic mass is 16.6. The van der Waals surface area contributed by atoms with Gasteiger partial charge in [0.25, 0.3) is 0 Å². The lowest BCUT2D eigenvalue weighted by atomic mass is 9.70. The lowest BCUT2D eigenvalue weighted by molar-refractivity contribution is -0.565. The molecule has 3 atom stereocenters. The van der Waals surface area contributed by atoms with E-state index in [-0.39, 0.29) is 23.0 Å². The fraction of sp³-hybridized carbons (Fsp3) is 1.00. The highest BCUT2D eigenvalue weighted by Crippen LogP contribution is 2.66. The zero-order valence-corrected chi connectivity index (χ0v) is 12.2. The van der Waals surface area contributed by atoms with Crippen LogP contribution in [0.4, 0.5) is 0 Å². The van der Waals surface area contributed by atoms with Crippen molar-refractivity contribution in [3.63, 3.8) is 0 Å². The van der Waals surface area contributed by atoms with Gasteiger partial charge >= 0.3 is 0 Å². The maximum Gasteiger partial charge on any atom is 0.239 e. The molecule has 2 bridgehead atoms. The third-order valence-corrected chi connectivity index (χ3v) is 5.85. The average molecular weight is 255 g/mol. The van der Waals surface area contributed by atoms with E-state index in [9.17, 15) is 10.1 Å². The third-order valence-electron chi connectivity index (χ3n) is 5.85. The van der Waals surface area contributed by atoms with Crippen molar-refractivity contribution in [1.29, 1.82) is 0 Å². The van der Waals surface area contributed by atoms with Gasteiger partial charge in [-0.1, -0.05) is 20.8 Å². The van der Waals surface area contributed by atoms with Crippen LogP contribution in [-0.4, -0.2) is 23.2 Å². The molecular formula is C14H25NO3. The van der Waals surface area contributed by atoms with Gasteiger partial charge in [0, 0.05) is 18.8 Å². The Kier molecular flexibility index (Phi) is 3.01. The summed E-state index contributed by atoms with van der Waals surface area (Å²) in [7, 11) is 0. The maximum atomic E-state index is 10.9. The first-order chi connectivity index (χ1) is 8.11. The van der Waals surface area contributed by atoms with Gasteiger partial charge in [0.1, 0.15) is 6.61 Å². The molecule has 0 unspecified atom stereocenters. The predicted molar refractivity (Wildman–Crippen MR) is 70.0 cm³/mol. The van der Waals surface area contributed by atoms with E-state index in [1.165, 1.54) is 12.8 Å². The smallest absolute Gasteiger partial charge is 0.239 e. The molecule has 0 aromatic rings. The quantitative estimate of drug-likeness (QED) is 0.572. The molecule has 2 aliphatic rings. The average Bonchev–Trinajstić information content (AvgIpc) is 2.58. The normalized spacial score (nSPS) is 38.1. The van der Waals surface area contributed by atoms with Crippen LogP contribution in [0.5, 0.6) is 0 Å². The second-order valence-electron chi connectivity index (χ2n) is 7.48. The van der Waals surface area contributed by atoms with E-state index in [2.05, 4.69) is 20.8 Å². The lowest BCUT2D eigenvalue weighted by Crippen LogP contribution is -2.42. The van der Waals surface area contributed by atoms with Crippen LogP contribution in [0.2, 0.25) is 0 Å². The summed E-state index contributed by atoms with van der Waals surface area (Å²) < 4.78 is 5.96. The second-order valence-corrected chi connectivity index (χ2v) is 7.48. The minimum absolute atomic E-state index is 0.185. The fourth-order valence-electron chi connectivity index (χ4n) is 3.74. The zero-order valence-electron chi connectivity index (χ0n) is 12.2. The fourth-order valence-corrected chi connectivity index (χ4v) is 3.74. The molecule has 0 aromatic heterocycles. The highest BCUT2D eigenvalue weighted by molar-refractivity contribution is 5.11. The summed E-state index contributed by atoms with van der Waals surface area (Å²) in [6, 6.07) is 0. The molecule has 2 saturated carbocycles. The first-order valence-electron chi connectivity index (χ1n) is 6.87. The molecular weight excluding hydrogens is 230 g/mol. The molecule has 4 heteroatoms. The largest absolute Gasteiger partial charge is 0.370 e. The van der Waals surface area contributed by atoms with E-state index < -0.39 is 5.54 Å². The molecule has 0 heterocycles. The van der Waals surface area contributed by atoms with Crippen LogP contribution in [-0.2, 0) is 4.74 Å². The number of hydrogen-bond donors (Lipinski definition) is 0. The van der Waals surface area contributed by atoms with E-state index in [4.69, 9.17) is 4.74 Å². The van der Waals surface area contributed by atoms with Gasteiger partial charge in [-0.3, -0.25) is 10.1 Å². The highest BCUT2D eigenvalue weighted by Gasteiger charge is 2.62. The zero-order chi connectivity index (χ0) is 13.8. The van der Waals surface area contributed by atoms with E-state index in [1.807, 2.05) is 0 Å². The molecule has 2 fully saturated rings. The van der Waals surface area contributed by atoms with Gasteiger partial charge in [-0.25, -0.2) is 0 Å². The number of nitrogens with zero attached hydrogens (tertiary/aromatic N) is 1. The maximum absolute atomic E-state index is 10.9. The molecule has 104 valence electrons. The van der Waals surface area contributed by atoms with E-state index in [0.717, 1.165) is 6.42 Å². The first-order valence-corrected chi connectivity index (χ1v) is 6.87. The number of rotatable bonds is 4. The Morgan fingerprint density at radius 2 is 2.00 bits per heavy atom. The molecule has 2 rings (SSSR count). The SMILES string of the molecule is CC(C)(CO[C@H]1C[C@@H]2CC[C@@]1(C)C2(C)C)[N+](=O)[O-]. The molecule has 0 N–H and O–H groups in total. The van der Waals surface area contributed by atoms with Gasteiger partial charge in [-0.15, -0.1) is 0 Å². The Labute approximate surface area is 109 Å². The third kappa shape index (κ3) is 1.77. The molecule has 2 aliphatic carbocycles. The molecule has 0 aromatic carbocycles. The molecule has 4 nitrogen and oxygen atoms in total. The predicted octanol–water partition coefficient (Wildman–Crippen LogP) is 3.27. The number of nitro groups is 1. The summed E-state index contributed by atoms with van der Waals surface area (Å²) in [5, 5.41) is 10.9. The molecule has 0 saturated heterocycles. The Morgan fingerprint density at radius 1 is 1.39 bits per heavy atom. The van der Waals surface area contributed by atoms with Crippen molar-refractivity contribution in [2.45, 2.75) is 65.5 Å². The van der Waals surface area contributed by atoms with Crippen molar-refractivity contribution < 1.29 is 9.66 Å². The van der Waals surface area contributed by atoms with E-state index in [1.54, 1.807) is 13.8 Å². The standard InChI is InChI=1S/C14H25NO3/c1-12(2,15(16)17)9-18-11-8-10-6-7-14(11,5)13(10,3)4/h10-11H,6-9H2,1-5H3/t10-,11-,14+/m0/s1. The monoisotopic (exact) mass is 255 g/mol. The Hall–Kier alpha value is -0.640. The van der Waals surface area contributed by atoms with Gasteiger partial charge in [0.05, 0.1) is 6.10 Å². The summed E-state index contributed by atoms with van der Waals surface area (Å²) in [6.45, 7) is 10.4. The minimum atomic E-state index is -0.984. The van der Waals surface area contributed by atoms with Gasteiger partial charge < -0.3 is 4.74 Å². The molecule has 0 amide bonds. The number of hydrogen-bond acceptors (Lipinski definition) is 3. The lowest BCUT2D eigenvalue weighted by Gasteiger charge is -2.39. The van der Waals surface area contributed by atoms with Gasteiger partial charge in [0.2, 0.25) is 5.54 Å². The van der Waals surface area contributed by atoms with Crippen molar-refractivity contribution in [3.8, 4) is 0 Å². The van der Waals surface area contributed by atoms with Gasteiger partial charge in [0.15, 0.2) is 0 Å². The van der Waals surface area contributed by atoms with Crippen molar-refractivity contribution in [1.82, 2.24) is 0 Å². The molecule has 0 aliphatic heterocycles. The Bertz CT molecular complexity index is 364. The molecule has 18 heavy (non-hydrogen) atoms. The van der Waals surface area contributed by atoms with Crippen LogP contribution in [0.1, 0.15) is 53.9 Å². The van der Waals surface area contributed by atoms with E-state index >= 15 is 0 Å². The van der Waals surface area contributed by atoms with Crippen molar-refractivity contribution >= 4 is 0 Å². The summed E-state index contributed by atoms with van der Waals surface area (Å²) in [4.78, 5) is 10.7. The van der Waals surface area contributed by atoms with Crippen LogP contribution in [0.3, 0.4) is 0 Å². The van der Waals surface area contributed by atoms with Crippen LogP contribution < -0.4 is 0 Å². The molecule has 0 radical (unpaired) electrons. The minimum Gasteiger partial charge on any atom is -0.370 e. The number of ether oxygens (including phenoxy) is 1. The van der Waals surface area contributed by atoms with Gasteiger partial charge in [-0.05, 0) is 36.0 Å². The van der Waals surface area contributed by atoms with Gasteiger partial charge in [-0.2, -0.15) is 0 Å². The van der Waals surface area contributed by atoms with Crippen LogP contribution in [0, 0.1) is 26.9 Å². The first kappa shape index (κ1) is 13.8. The second kappa shape index (κ2) is 3.92. The summed E-state index contributed by atoms with van der Waals surface area (Å²) in [5.74, 6) is 0.714. The van der Waals surface area contributed by atoms with Crippen LogP contribution in [0.15, 0.2) is 0 Å². The summed E-state index contributed by atoms with van der Waals surface area (Å²) in [6.07, 6.45) is 3.72. The Balaban J connectivity index is 2.04. The van der Waals surface area contributed by atoms with Crippen molar-refractivity contribution in [2.75, 3.05) is 6.61 Å². The topological polar surface area (TPSA) is 52.4 Å². The van der Waals surface area contributed by atoms with E-state index in [0.29, 0.717) is 11.3 Å². The summed E-state index contributed by atoms with van der Waals surface area (Å²) >= 11 is 0. The number of fused-ring (bicyclic) bond motifs is 2. The van der Waals surface area contributed by atoms with Crippen LogP contribution in [0.25, 0.3) is 0 Å². The molecule has 0 spiro atoms. The van der Waals surface area contributed by atoms with Crippen molar-refractivity contribution in [3.05, 3.63) is 10.1 Å². The Morgan fingerprint density at radius 3 is 2.39 bits per heavy atom. The van der Waals surface area contributed by atoms with Crippen LogP contribution >= 0.6 is 0 Å². The van der Waals surface area contributed by atoms with Crippen molar-refractivity contribution in [2.24, 2.45) is 16.7 Å². The summed E-state index contributed by atoms with van der Waals surface area (Å²) in [5.41, 5.74) is -0.497.